The van der Waals surface area contributed by atoms with E-state index in [1.54, 1.807) is 18.2 Å². The highest BCUT2D eigenvalue weighted by Crippen LogP contribution is 2.28. The van der Waals surface area contributed by atoms with Gasteiger partial charge in [0.2, 0.25) is 0 Å². The van der Waals surface area contributed by atoms with Gasteiger partial charge in [-0.2, -0.15) is 0 Å². The summed E-state index contributed by atoms with van der Waals surface area (Å²) in [6, 6.07) is 4.99. The van der Waals surface area contributed by atoms with E-state index in [1.165, 1.54) is 14.0 Å². The number of carbonyl (C=O) groups excluding carboxylic acids is 2. The number of hydrogen-bond acceptors (Lipinski definition) is 5. The monoisotopic (exact) mass is 323 g/mol. The molecule has 128 valence electrons. The Bertz CT molecular complexity index is 548. The molecule has 0 spiro atoms. The molecule has 0 fully saturated rings. The Morgan fingerprint density at radius 3 is 2.43 bits per heavy atom. The van der Waals surface area contributed by atoms with Gasteiger partial charge in [-0.25, -0.2) is 4.79 Å². The van der Waals surface area contributed by atoms with Gasteiger partial charge in [-0.05, 0) is 29.5 Å². The smallest absolute Gasteiger partial charge is 0.407 e. The van der Waals surface area contributed by atoms with Crippen LogP contribution in [0.5, 0.6) is 11.5 Å². The molecule has 0 saturated heterocycles. The Kier molecular flexibility index (Phi) is 6.88. The molecule has 0 aromatic heterocycles. The minimum absolute atomic E-state index is 0.109. The molecule has 0 aliphatic rings. The lowest BCUT2D eigenvalue weighted by molar-refractivity contribution is -0.132. The van der Waals surface area contributed by atoms with Gasteiger partial charge in [-0.1, -0.05) is 26.8 Å². The van der Waals surface area contributed by atoms with Crippen molar-refractivity contribution in [3.63, 3.8) is 0 Å². The van der Waals surface area contributed by atoms with E-state index in [0.717, 1.165) is 12.0 Å². The van der Waals surface area contributed by atoms with Gasteiger partial charge in [0, 0.05) is 13.5 Å². The van der Waals surface area contributed by atoms with E-state index >= 15 is 0 Å². The van der Waals surface area contributed by atoms with E-state index in [9.17, 15) is 9.59 Å². The number of esters is 1. The van der Waals surface area contributed by atoms with Crippen molar-refractivity contribution in [3.8, 4) is 11.5 Å². The summed E-state index contributed by atoms with van der Waals surface area (Å²) in [5, 5.41) is 2.71. The van der Waals surface area contributed by atoms with Gasteiger partial charge in [0.1, 0.15) is 6.61 Å². The minimum Gasteiger partial charge on any atom is -0.493 e. The largest absolute Gasteiger partial charge is 0.493 e. The number of amides is 1. The highest BCUT2D eigenvalue weighted by Gasteiger charge is 2.12. The Morgan fingerprint density at radius 1 is 1.17 bits per heavy atom. The normalized spacial score (nSPS) is 10.8. The fourth-order valence-corrected chi connectivity index (χ4v) is 1.78. The van der Waals surface area contributed by atoms with Crippen LogP contribution in [0.1, 0.15) is 39.7 Å². The molecule has 0 aliphatic heterocycles. The van der Waals surface area contributed by atoms with Crippen LogP contribution < -0.4 is 14.8 Å². The molecular weight excluding hydrogens is 298 g/mol. The highest BCUT2D eigenvalue weighted by atomic mass is 16.6. The van der Waals surface area contributed by atoms with Crippen LogP contribution >= 0.6 is 0 Å². The number of ether oxygens (including phenoxy) is 3. The predicted molar refractivity (Wildman–Crippen MR) is 86.6 cm³/mol. The molecule has 0 atom stereocenters. The lowest BCUT2D eigenvalue weighted by Gasteiger charge is -2.18. The average Bonchev–Trinajstić information content (AvgIpc) is 2.44. The van der Waals surface area contributed by atoms with Gasteiger partial charge < -0.3 is 19.5 Å². The van der Waals surface area contributed by atoms with Crippen molar-refractivity contribution in [1.29, 1.82) is 0 Å². The van der Waals surface area contributed by atoms with E-state index in [-0.39, 0.29) is 12.0 Å². The maximum Gasteiger partial charge on any atom is 0.407 e. The summed E-state index contributed by atoms with van der Waals surface area (Å²) in [6.45, 7) is 8.32. The summed E-state index contributed by atoms with van der Waals surface area (Å²) in [7, 11) is 1.48. The first-order chi connectivity index (χ1) is 10.7. The third-order valence-electron chi connectivity index (χ3n) is 3.00. The summed E-state index contributed by atoms with van der Waals surface area (Å²) in [6.07, 6.45) is 0.407. The van der Waals surface area contributed by atoms with Gasteiger partial charge in [0.15, 0.2) is 11.5 Å². The van der Waals surface area contributed by atoms with Crippen LogP contribution in [0.15, 0.2) is 18.2 Å². The van der Waals surface area contributed by atoms with Gasteiger partial charge in [-0.15, -0.1) is 0 Å². The van der Waals surface area contributed by atoms with Gasteiger partial charge in [-0.3, -0.25) is 4.79 Å². The maximum atomic E-state index is 11.6. The van der Waals surface area contributed by atoms with Gasteiger partial charge in [0.25, 0.3) is 0 Å². The van der Waals surface area contributed by atoms with Crippen LogP contribution in [-0.2, 0) is 16.1 Å². The second-order valence-electron chi connectivity index (χ2n) is 6.39. The Balaban J connectivity index is 2.51. The summed E-state index contributed by atoms with van der Waals surface area (Å²) < 4.78 is 15.3. The molecule has 1 N–H and O–H groups in total. The number of rotatable bonds is 6. The zero-order valence-electron chi connectivity index (χ0n) is 14.4. The molecule has 0 saturated carbocycles. The highest BCUT2D eigenvalue weighted by molar-refractivity contribution is 5.70. The molecule has 1 rings (SSSR count). The quantitative estimate of drug-likeness (QED) is 0.642. The first-order valence-corrected chi connectivity index (χ1v) is 7.47. The third kappa shape index (κ3) is 7.54. The standard InChI is InChI=1S/C17H25NO5/c1-12(19)23-14-7-6-13(10-15(14)21-5)11-22-16(20)18-9-8-17(2,3)4/h6-7,10H,8-9,11H2,1-5H3,(H,18,20). The van der Waals surface area contributed by atoms with E-state index in [0.29, 0.717) is 18.0 Å². The summed E-state index contributed by atoms with van der Waals surface area (Å²) in [5.41, 5.74) is 0.899. The third-order valence-corrected chi connectivity index (χ3v) is 3.00. The molecule has 0 radical (unpaired) electrons. The van der Waals surface area contributed by atoms with Crippen LogP contribution in [0, 0.1) is 5.41 Å². The first-order valence-electron chi connectivity index (χ1n) is 7.47. The number of alkyl carbamates (subject to hydrolysis) is 1. The minimum atomic E-state index is -0.461. The van der Waals surface area contributed by atoms with Crippen molar-refractivity contribution in [1.82, 2.24) is 5.32 Å². The fourth-order valence-electron chi connectivity index (χ4n) is 1.78. The topological polar surface area (TPSA) is 73.9 Å². The van der Waals surface area contributed by atoms with Crippen molar-refractivity contribution in [2.45, 2.75) is 40.7 Å². The van der Waals surface area contributed by atoms with Crippen LogP contribution in [0.2, 0.25) is 0 Å². The van der Waals surface area contributed by atoms with Crippen molar-refractivity contribution in [3.05, 3.63) is 23.8 Å². The van der Waals surface area contributed by atoms with Crippen molar-refractivity contribution in [2.24, 2.45) is 5.41 Å². The molecular formula is C17H25NO5. The zero-order valence-corrected chi connectivity index (χ0v) is 14.4. The number of benzene rings is 1. The fraction of sp³-hybridized carbons (Fsp3) is 0.529. The summed E-state index contributed by atoms with van der Waals surface area (Å²) in [4.78, 5) is 22.6. The first kappa shape index (κ1) is 18.8. The van der Waals surface area contributed by atoms with Crippen molar-refractivity contribution in [2.75, 3.05) is 13.7 Å². The number of hydrogen-bond donors (Lipinski definition) is 1. The molecule has 1 aromatic carbocycles. The molecule has 6 nitrogen and oxygen atoms in total. The molecule has 0 bridgehead atoms. The Morgan fingerprint density at radius 2 is 1.87 bits per heavy atom. The Hall–Kier alpha value is -2.24. The molecule has 0 unspecified atom stereocenters. The Labute approximate surface area is 137 Å². The maximum absolute atomic E-state index is 11.6. The lowest BCUT2D eigenvalue weighted by atomic mass is 9.92. The molecule has 6 heteroatoms. The van der Waals surface area contributed by atoms with Crippen LogP contribution in [-0.4, -0.2) is 25.7 Å². The van der Waals surface area contributed by atoms with Gasteiger partial charge >= 0.3 is 12.1 Å². The van der Waals surface area contributed by atoms with Crippen molar-refractivity contribution < 1.29 is 23.8 Å². The summed E-state index contributed by atoms with van der Waals surface area (Å²) in [5.74, 6) is 0.318. The van der Waals surface area contributed by atoms with E-state index in [1.807, 2.05) is 0 Å². The van der Waals surface area contributed by atoms with E-state index in [4.69, 9.17) is 14.2 Å². The van der Waals surface area contributed by atoms with Gasteiger partial charge in [0.05, 0.1) is 7.11 Å². The molecule has 1 aromatic rings. The number of nitrogens with one attached hydrogen (secondary N) is 1. The van der Waals surface area contributed by atoms with Crippen molar-refractivity contribution >= 4 is 12.1 Å². The van der Waals surface area contributed by atoms with Crippen LogP contribution in [0.25, 0.3) is 0 Å². The lowest BCUT2D eigenvalue weighted by Crippen LogP contribution is -2.27. The molecule has 1 amide bonds. The molecule has 0 aliphatic carbocycles. The number of methoxy groups -OCH3 is 1. The molecule has 0 heterocycles. The SMILES string of the molecule is COc1cc(COC(=O)NCCC(C)(C)C)ccc1OC(C)=O. The second-order valence-corrected chi connectivity index (χ2v) is 6.39. The van der Waals surface area contributed by atoms with Crippen LogP contribution in [0.4, 0.5) is 4.79 Å². The summed E-state index contributed by atoms with van der Waals surface area (Å²) >= 11 is 0. The second kappa shape index (κ2) is 8.41. The van der Waals surface area contributed by atoms with Crippen LogP contribution in [0.3, 0.4) is 0 Å². The molecule has 23 heavy (non-hydrogen) atoms. The predicted octanol–water partition coefficient (Wildman–Crippen LogP) is 3.28. The number of carbonyl (C=O) groups is 2. The van der Waals surface area contributed by atoms with E-state index in [2.05, 4.69) is 26.1 Å². The average molecular weight is 323 g/mol. The van der Waals surface area contributed by atoms with E-state index < -0.39 is 12.1 Å². The zero-order chi connectivity index (χ0) is 17.5.